The summed E-state index contributed by atoms with van der Waals surface area (Å²) < 4.78 is 18.7. The molecule has 0 unspecified atom stereocenters. The summed E-state index contributed by atoms with van der Waals surface area (Å²) in [7, 11) is 0. The van der Waals surface area contributed by atoms with Gasteiger partial charge in [-0.1, -0.05) is 30.4 Å². The van der Waals surface area contributed by atoms with Crippen LogP contribution in [0.3, 0.4) is 0 Å². The van der Waals surface area contributed by atoms with Gasteiger partial charge in [0.2, 0.25) is 5.91 Å². The molecule has 4 nitrogen and oxygen atoms in total. The van der Waals surface area contributed by atoms with Crippen LogP contribution < -0.4 is 10.1 Å². The molecular weight excluding hydrogens is 331 g/mol. The first kappa shape index (κ1) is 19.5. The van der Waals surface area contributed by atoms with E-state index in [0.29, 0.717) is 25.4 Å². The first-order valence-corrected chi connectivity index (χ1v) is 8.61. The smallest absolute Gasteiger partial charge is 0.242 e. The van der Waals surface area contributed by atoms with E-state index in [9.17, 15) is 9.18 Å². The highest BCUT2D eigenvalue weighted by Gasteiger charge is 2.11. The van der Waals surface area contributed by atoms with Crippen LogP contribution in [-0.2, 0) is 11.4 Å². The van der Waals surface area contributed by atoms with Gasteiger partial charge in [0, 0.05) is 24.8 Å². The molecule has 0 aliphatic carbocycles. The fourth-order valence-electron chi connectivity index (χ4n) is 2.43. The second-order valence-electron chi connectivity index (χ2n) is 6.16. The molecule has 0 aliphatic rings. The van der Waals surface area contributed by atoms with Crippen molar-refractivity contribution in [3.05, 3.63) is 72.1 Å². The lowest BCUT2D eigenvalue weighted by molar-refractivity contribution is -0.128. The minimum atomic E-state index is -0.266. The fourth-order valence-corrected chi connectivity index (χ4v) is 2.43. The van der Waals surface area contributed by atoms with Crippen LogP contribution in [0.1, 0.15) is 19.4 Å². The Balaban J connectivity index is 1.88. The van der Waals surface area contributed by atoms with Crippen LogP contribution in [0.5, 0.6) is 5.75 Å². The van der Waals surface area contributed by atoms with Crippen LogP contribution >= 0.6 is 0 Å². The average molecular weight is 356 g/mol. The quantitative estimate of drug-likeness (QED) is 0.683. The molecule has 0 fully saturated rings. The van der Waals surface area contributed by atoms with Gasteiger partial charge in [-0.05, 0) is 43.7 Å². The Bertz CT molecular complexity index is 744. The molecule has 5 heteroatoms. The van der Waals surface area contributed by atoms with Gasteiger partial charge in [0.15, 0.2) is 0 Å². The number of carbonyl (C=O) groups is 1. The van der Waals surface area contributed by atoms with E-state index in [1.165, 1.54) is 12.1 Å². The molecule has 1 N–H and O–H groups in total. The van der Waals surface area contributed by atoms with E-state index in [-0.39, 0.29) is 18.3 Å². The Labute approximate surface area is 154 Å². The molecule has 0 saturated carbocycles. The third kappa shape index (κ3) is 6.24. The Morgan fingerprint density at radius 1 is 1.23 bits per heavy atom. The van der Waals surface area contributed by atoms with E-state index < -0.39 is 0 Å². The van der Waals surface area contributed by atoms with Gasteiger partial charge in [-0.3, -0.25) is 4.79 Å². The molecule has 0 aromatic heterocycles. The number of benzene rings is 2. The maximum atomic E-state index is 12.9. The Hall–Kier alpha value is -2.82. The molecule has 2 aromatic carbocycles. The van der Waals surface area contributed by atoms with E-state index >= 15 is 0 Å². The highest BCUT2D eigenvalue weighted by molar-refractivity contribution is 5.81. The molecule has 2 rings (SSSR count). The molecule has 0 aliphatic heterocycles. The van der Waals surface area contributed by atoms with E-state index in [4.69, 9.17) is 4.74 Å². The van der Waals surface area contributed by atoms with Crippen LogP contribution in [0.4, 0.5) is 10.1 Å². The van der Waals surface area contributed by atoms with Gasteiger partial charge >= 0.3 is 0 Å². The number of anilines is 1. The van der Waals surface area contributed by atoms with Crippen molar-refractivity contribution in [2.75, 3.05) is 25.0 Å². The second-order valence-corrected chi connectivity index (χ2v) is 6.16. The number of halogens is 1. The van der Waals surface area contributed by atoms with Crippen LogP contribution in [0.25, 0.3) is 0 Å². The number of nitrogens with one attached hydrogen (secondary N) is 1. The lowest BCUT2D eigenvalue weighted by atomic mass is 10.2. The highest BCUT2D eigenvalue weighted by atomic mass is 19.1. The van der Waals surface area contributed by atoms with Crippen molar-refractivity contribution in [1.29, 1.82) is 0 Å². The lowest BCUT2D eigenvalue weighted by Crippen LogP contribution is -2.36. The van der Waals surface area contributed by atoms with Gasteiger partial charge in [0.05, 0.1) is 6.54 Å². The summed E-state index contributed by atoms with van der Waals surface area (Å²) in [4.78, 5) is 14.0. The monoisotopic (exact) mass is 356 g/mol. The maximum absolute atomic E-state index is 12.9. The van der Waals surface area contributed by atoms with E-state index in [1.807, 2.05) is 38.1 Å². The molecule has 26 heavy (non-hydrogen) atoms. The summed E-state index contributed by atoms with van der Waals surface area (Å²) in [6.45, 7) is 9.49. The lowest BCUT2D eigenvalue weighted by Gasteiger charge is -2.21. The molecule has 0 heterocycles. The number of nitrogens with zero attached hydrogens (tertiary/aromatic N) is 1. The zero-order valence-corrected chi connectivity index (χ0v) is 15.3. The summed E-state index contributed by atoms with van der Waals surface area (Å²) in [5.74, 6) is 0.437. The molecular formula is C21H25FN2O2. The second kappa shape index (κ2) is 9.61. The minimum absolute atomic E-state index is 0.0214. The van der Waals surface area contributed by atoms with E-state index in [2.05, 4.69) is 11.9 Å². The number of likely N-dealkylation sites (N-methyl/N-ethyl adjacent to an activating group) is 1. The van der Waals surface area contributed by atoms with Crippen molar-refractivity contribution in [3.63, 3.8) is 0 Å². The van der Waals surface area contributed by atoms with Crippen LogP contribution in [-0.4, -0.2) is 30.4 Å². The summed E-state index contributed by atoms with van der Waals surface area (Å²) in [6, 6.07) is 13.6. The third-order valence-electron chi connectivity index (χ3n) is 3.79. The molecule has 138 valence electrons. The summed E-state index contributed by atoms with van der Waals surface area (Å²) in [5, 5.41) is 3.13. The van der Waals surface area contributed by atoms with Crippen molar-refractivity contribution in [1.82, 2.24) is 4.90 Å². The average Bonchev–Trinajstić information content (AvgIpc) is 2.64. The van der Waals surface area contributed by atoms with Crippen LogP contribution in [0.2, 0.25) is 0 Å². The molecule has 0 bridgehead atoms. The van der Waals surface area contributed by atoms with Gasteiger partial charge in [-0.25, -0.2) is 4.39 Å². The molecule has 0 spiro atoms. The van der Waals surface area contributed by atoms with E-state index in [1.54, 1.807) is 17.0 Å². The third-order valence-corrected chi connectivity index (χ3v) is 3.79. The SMILES string of the molecule is C=C(C)CN(CC)C(=O)CNc1cccc(OCc2ccc(F)cc2)c1. The fraction of sp³-hybridized carbons (Fsp3) is 0.286. The van der Waals surface area contributed by atoms with Crippen molar-refractivity contribution in [2.24, 2.45) is 0 Å². The zero-order chi connectivity index (χ0) is 18.9. The topological polar surface area (TPSA) is 41.6 Å². The van der Waals surface area contributed by atoms with Crippen molar-refractivity contribution >= 4 is 11.6 Å². The highest BCUT2D eigenvalue weighted by Crippen LogP contribution is 2.18. The Kier molecular flexibility index (Phi) is 7.21. The summed E-state index contributed by atoms with van der Waals surface area (Å²) in [6.07, 6.45) is 0. The molecule has 1 amide bonds. The normalized spacial score (nSPS) is 10.3. The zero-order valence-electron chi connectivity index (χ0n) is 15.3. The minimum Gasteiger partial charge on any atom is -0.489 e. The van der Waals surface area contributed by atoms with Crippen molar-refractivity contribution in [3.8, 4) is 5.75 Å². The first-order valence-electron chi connectivity index (χ1n) is 8.61. The van der Waals surface area contributed by atoms with Crippen LogP contribution in [0, 0.1) is 5.82 Å². The van der Waals surface area contributed by atoms with Gasteiger partial charge in [-0.2, -0.15) is 0 Å². The first-order chi connectivity index (χ1) is 12.5. The van der Waals surface area contributed by atoms with Crippen molar-refractivity contribution in [2.45, 2.75) is 20.5 Å². The van der Waals surface area contributed by atoms with Gasteiger partial charge in [-0.15, -0.1) is 0 Å². The standard InChI is InChI=1S/C21H25FN2O2/c1-4-24(14-16(2)3)21(25)13-23-19-6-5-7-20(12-19)26-15-17-8-10-18(22)11-9-17/h5-12,23H,2,4,13-15H2,1,3H3. The number of rotatable bonds is 9. The number of amides is 1. The predicted molar refractivity (Wildman–Crippen MR) is 103 cm³/mol. The number of ether oxygens (including phenoxy) is 1. The summed E-state index contributed by atoms with van der Waals surface area (Å²) >= 11 is 0. The molecule has 0 radical (unpaired) electrons. The van der Waals surface area contributed by atoms with E-state index in [0.717, 1.165) is 16.8 Å². The van der Waals surface area contributed by atoms with Crippen molar-refractivity contribution < 1.29 is 13.9 Å². The molecule has 0 atom stereocenters. The number of hydrogen-bond acceptors (Lipinski definition) is 3. The summed E-state index contributed by atoms with van der Waals surface area (Å²) in [5.41, 5.74) is 2.65. The Morgan fingerprint density at radius 3 is 2.62 bits per heavy atom. The number of hydrogen-bond donors (Lipinski definition) is 1. The Morgan fingerprint density at radius 2 is 1.96 bits per heavy atom. The largest absolute Gasteiger partial charge is 0.489 e. The molecule has 2 aromatic rings. The maximum Gasteiger partial charge on any atom is 0.242 e. The molecule has 0 saturated heterocycles. The van der Waals surface area contributed by atoms with Gasteiger partial charge in [0.25, 0.3) is 0 Å². The van der Waals surface area contributed by atoms with Gasteiger partial charge in [0.1, 0.15) is 18.2 Å². The van der Waals surface area contributed by atoms with Gasteiger partial charge < -0.3 is 15.0 Å². The predicted octanol–water partition coefficient (Wildman–Crippen LogP) is 4.24. The number of carbonyl (C=O) groups excluding carboxylic acids is 1. The van der Waals surface area contributed by atoms with Crippen LogP contribution in [0.15, 0.2) is 60.7 Å².